The number of aryl methyl sites for hydroxylation is 1. The van der Waals surface area contributed by atoms with Crippen molar-refractivity contribution in [1.82, 2.24) is 0 Å². The monoisotopic (exact) mass is 235 g/mol. The number of nitrogens with one attached hydrogen (secondary N) is 1. The minimum atomic E-state index is -0.442. The van der Waals surface area contributed by atoms with Gasteiger partial charge in [-0.1, -0.05) is 6.92 Å². The van der Waals surface area contributed by atoms with E-state index in [1.807, 2.05) is 51.0 Å². The van der Waals surface area contributed by atoms with E-state index in [4.69, 9.17) is 5.73 Å². The molecule has 1 rings (SSSR count). The molecule has 0 fully saturated rings. The van der Waals surface area contributed by atoms with Crippen molar-refractivity contribution in [3.05, 3.63) is 23.8 Å². The lowest BCUT2D eigenvalue weighted by molar-refractivity contribution is -0.117. The summed E-state index contributed by atoms with van der Waals surface area (Å²) in [5.41, 5.74) is 8.64. The number of anilines is 2. The Hall–Kier alpha value is -1.55. The Morgan fingerprint density at radius 2 is 2.12 bits per heavy atom. The van der Waals surface area contributed by atoms with Crippen LogP contribution in [0.2, 0.25) is 0 Å². The van der Waals surface area contributed by atoms with Gasteiger partial charge in [0.25, 0.3) is 0 Å². The highest BCUT2D eigenvalue weighted by atomic mass is 16.2. The molecule has 0 aromatic heterocycles. The molecule has 3 N–H and O–H groups in total. The second-order valence-electron chi connectivity index (χ2n) is 4.40. The summed E-state index contributed by atoms with van der Waals surface area (Å²) in [4.78, 5) is 13.7. The van der Waals surface area contributed by atoms with Crippen LogP contribution in [0.1, 0.15) is 18.9 Å². The van der Waals surface area contributed by atoms with Gasteiger partial charge in [-0.25, -0.2) is 0 Å². The third-order valence-electron chi connectivity index (χ3n) is 2.76. The molecule has 1 unspecified atom stereocenters. The highest BCUT2D eigenvalue weighted by molar-refractivity contribution is 5.95. The third-order valence-corrected chi connectivity index (χ3v) is 2.76. The van der Waals surface area contributed by atoms with Crippen LogP contribution in [0.4, 0.5) is 11.4 Å². The summed E-state index contributed by atoms with van der Waals surface area (Å²) in [5, 5.41) is 2.84. The van der Waals surface area contributed by atoms with Gasteiger partial charge in [-0.3, -0.25) is 4.79 Å². The van der Waals surface area contributed by atoms with Gasteiger partial charge >= 0.3 is 0 Å². The maximum atomic E-state index is 11.7. The first kappa shape index (κ1) is 13.5. The van der Waals surface area contributed by atoms with Crippen molar-refractivity contribution in [3.8, 4) is 0 Å². The summed E-state index contributed by atoms with van der Waals surface area (Å²) in [5.74, 6) is -0.131. The minimum Gasteiger partial charge on any atom is -0.378 e. The average molecular weight is 235 g/mol. The Morgan fingerprint density at radius 1 is 1.47 bits per heavy atom. The van der Waals surface area contributed by atoms with Crippen LogP contribution in [0, 0.1) is 6.92 Å². The van der Waals surface area contributed by atoms with Crippen LogP contribution in [-0.2, 0) is 4.79 Å². The lowest BCUT2D eigenvalue weighted by Gasteiger charge is -2.16. The number of carbonyl (C=O) groups is 1. The molecule has 4 nitrogen and oxygen atoms in total. The van der Waals surface area contributed by atoms with Gasteiger partial charge in [0.2, 0.25) is 5.91 Å². The molecular weight excluding hydrogens is 214 g/mol. The quantitative estimate of drug-likeness (QED) is 0.835. The summed E-state index contributed by atoms with van der Waals surface area (Å²) in [6.07, 6.45) is 0.640. The topological polar surface area (TPSA) is 58.4 Å². The van der Waals surface area contributed by atoms with Crippen molar-refractivity contribution >= 4 is 17.3 Å². The molecule has 1 aromatic rings. The van der Waals surface area contributed by atoms with Crippen LogP contribution in [0.15, 0.2) is 18.2 Å². The highest BCUT2D eigenvalue weighted by Crippen LogP contribution is 2.21. The molecule has 0 aliphatic carbocycles. The zero-order chi connectivity index (χ0) is 13.0. The Bertz CT molecular complexity index is 402. The van der Waals surface area contributed by atoms with E-state index in [9.17, 15) is 4.79 Å². The zero-order valence-electron chi connectivity index (χ0n) is 10.9. The molecule has 94 valence electrons. The highest BCUT2D eigenvalue weighted by Gasteiger charge is 2.12. The first-order valence-corrected chi connectivity index (χ1v) is 5.80. The molecule has 0 aliphatic heterocycles. The van der Waals surface area contributed by atoms with Gasteiger partial charge in [-0.15, -0.1) is 0 Å². The van der Waals surface area contributed by atoms with Crippen molar-refractivity contribution in [3.63, 3.8) is 0 Å². The molecule has 0 saturated heterocycles. The maximum absolute atomic E-state index is 11.7. The lowest BCUT2D eigenvalue weighted by atomic mass is 10.1. The summed E-state index contributed by atoms with van der Waals surface area (Å²) in [6, 6.07) is 5.47. The third kappa shape index (κ3) is 3.46. The molecule has 0 saturated carbocycles. The first-order chi connectivity index (χ1) is 7.95. The number of amides is 1. The molecule has 0 spiro atoms. The number of hydrogen-bond donors (Lipinski definition) is 2. The zero-order valence-corrected chi connectivity index (χ0v) is 10.9. The van der Waals surface area contributed by atoms with Crippen molar-refractivity contribution in [2.24, 2.45) is 5.73 Å². The van der Waals surface area contributed by atoms with Crippen molar-refractivity contribution in [2.45, 2.75) is 26.3 Å². The van der Waals surface area contributed by atoms with Gasteiger partial charge in [-0.2, -0.15) is 0 Å². The van der Waals surface area contributed by atoms with Crippen LogP contribution < -0.4 is 16.0 Å². The number of carbonyl (C=O) groups excluding carboxylic acids is 1. The van der Waals surface area contributed by atoms with Gasteiger partial charge in [0.15, 0.2) is 0 Å². The number of nitrogens with two attached hydrogens (primary N) is 1. The molecule has 1 amide bonds. The van der Waals surface area contributed by atoms with E-state index < -0.39 is 6.04 Å². The molecule has 0 heterocycles. The Labute approximate surface area is 103 Å². The lowest BCUT2D eigenvalue weighted by Crippen LogP contribution is -2.35. The molecule has 0 bridgehead atoms. The molecule has 1 atom stereocenters. The fourth-order valence-electron chi connectivity index (χ4n) is 1.48. The fraction of sp³-hybridized carbons (Fsp3) is 0.462. The Morgan fingerprint density at radius 3 is 2.59 bits per heavy atom. The predicted molar refractivity (Wildman–Crippen MR) is 72.4 cm³/mol. The molecule has 17 heavy (non-hydrogen) atoms. The predicted octanol–water partition coefficient (Wildman–Crippen LogP) is 1.74. The number of nitrogens with zero attached hydrogens (tertiary/aromatic N) is 1. The van der Waals surface area contributed by atoms with Gasteiger partial charge < -0.3 is 16.0 Å². The average Bonchev–Trinajstić information content (AvgIpc) is 2.30. The van der Waals surface area contributed by atoms with E-state index in [1.54, 1.807) is 0 Å². The first-order valence-electron chi connectivity index (χ1n) is 5.80. The minimum absolute atomic E-state index is 0.131. The van der Waals surface area contributed by atoms with Crippen LogP contribution in [0.5, 0.6) is 0 Å². The maximum Gasteiger partial charge on any atom is 0.241 e. The van der Waals surface area contributed by atoms with Crippen LogP contribution in [0.3, 0.4) is 0 Å². The fourth-order valence-corrected chi connectivity index (χ4v) is 1.48. The summed E-state index contributed by atoms with van der Waals surface area (Å²) >= 11 is 0. The van der Waals surface area contributed by atoms with Crippen molar-refractivity contribution in [1.29, 1.82) is 0 Å². The molecular formula is C13H21N3O. The molecule has 0 radical (unpaired) electrons. The standard InChI is InChI=1S/C13H21N3O/c1-5-11(14)13(17)15-12-7-6-10(16(3)4)8-9(12)2/h6-8,11H,5,14H2,1-4H3,(H,15,17). The normalized spacial score (nSPS) is 12.1. The second-order valence-corrected chi connectivity index (χ2v) is 4.40. The van der Waals surface area contributed by atoms with E-state index in [-0.39, 0.29) is 5.91 Å². The number of hydrogen-bond acceptors (Lipinski definition) is 3. The van der Waals surface area contributed by atoms with Gasteiger partial charge in [0, 0.05) is 25.5 Å². The van der Waals surface area contributed by atoms with Crippen LogP contribution in [-0.4, -0.2) is 26.0 Å². The number of benzene rings is 1. The molecule has 4 heteroatoms. The summed E-state index contributed by atoms with van der Waals surface area (Å²) in [6.45, 7) is 3.87. The van der Waals surface area contributed by atoms with E-state index >= 15 is 0 Å². The van der Waals surface area contributed by atoms with E-state index in [0.717, 1.165) is 16.9 Å². The number of rotatable bonds is 4. The van der Waals surface area contributed by atoms with Crippen molar-refractivity contribution in [2.75, 3.05) is 24.3 Å². The Kier molecular flexibility index (Phi) is 4.52. The van der Waals surface area contributed by atoms with Gasteiger partial charge in [-0.05, 0) is 37.1 Å². The van der Waals surface area contributed by atoms with Crippen LogP contribution in [0.25, 0.3) is 0 Å². The van der Waals surface area contributed by atoms with Crippen molar-refractivity contribution < 1.29 is 4.79 Å². The van der Waals surface area contributed by atoms with E-state index in [1.165, 1.54) is 0 Å². The van der Waals surface area contributed by atoms with Gasteiger partial charge in [0.05, 0.1) is 6.04 Å². The second kappa shape index (κ2) is 5.68. The van der Waals surface area contributed by atoms with E-state index in [0.29, 0.717) is 6.42 Å². The van der Waals surface area contributed by atoms with Crippen LogP contribution >= 0.6 is 0 Å². The van der Waals surface area contributed by atoms with Gasteiger partial charge in [0.1, 0.15) is 0 Å². The largest absolute Gasteiger partial charge is 0.378 e. The van der Waals surface area contributed by atoms with E-state index in [2.05, 4.69) is 5.32 Å². The SMILES string of the molecule is CCC(N)C(=O)Nc1ccc(N(C)C)cc1C. The molecule has 1 aromatic carbocycles. The molecule has 0 aliphatic rings. The smallest absolute Gasteiger partial charge is 0.241 e. The summed E-state index contributed by atoms with van der Waals surface area (Å²) < 4.78 is 0. The summed E-state index contributed by atoms with van der Waals surface area (Å²) in [7, 11) is 3.97. The Balaban J connectivity index is 2.83.